The van der Waals surface area contributed by atoms with E-state index in [0.717, 1.165) is 59.4 Å². The second-order valence-electron chi connectivity index (χ2n) is 7.36. The molecular formula is C25H28N4O. The highest BCUT2D eigenvalue weighted by molar-refractivity contribution is 6.13. The highest BCUT2D eigenvalue weighted by Crippen LogP contribution is 2.27. The van der Waals surface area contributed by atoms with E-state index < -0.39 is 0 Å². The maximum Gasteiger partial charge on any atom is 0.185 e. The number of nitrogens with two attached hydrogens (primary N) is 1. The first-order chi connectivity index (χ1) is 14.5. The number of nitrogen functional groups attached to an aromatic ring is 1. The molecule has 30 heavy (non-hydrogen) atoms. The third-order valence-electron chi connectivity index (χ3n) is 5.27. The van der Waals surface area contributed by atoms with Crippen molar-refractivity contribution < 1.29 is 4.79 Å². The Morgan fingerprint density at radius 2 is 1.40 bits per heavy atom. The number of aliphatic imine (C=N–C) groups is 1. The van der Waals surface area contributed by atoms with Gasteiger partial charge in [0.05, 0.1) is 0 Å². The van der Waals surface area contributed by atoms with Gasteiger partial charge >= 0.3 is 0 Å². The molecule has 4 N–H and O–H groups in total. The molecule has 0 spiro atoms. The molecule has 0 heterocycles. The molecule has 2 aromatic carbocycles. The van der Waals surface area contributed by atoms with Gasteiger partial charge in [-0.15, -0.1) is 0 Å². The Balaban J connectivity index is 1.85. The van der Waals surface area contributed by atoms with E-state index in [4.69, 9.17) is 11.1 Å². The van der Waals surface area contributed by atoms with E-state index in [9.17, 15) is 4.79 Å². The van der Waals surface area contributed by atoms with Crippen molar-refractivity contribution in [3.05, 3.63) is 81.9 Å². The van der Waals surface area contributed by atoms with Crippen molar-refractivity contribution >= 4 is 29.6 Å². The van der Waals surface area contributed by atoms with E-state index in [1.807, 2.05) is 67.7 Å². The van der Waals surface area contributed by atoms with Gasteiger partial charge in [-0.25, -0.2) is 0 Å². The second-order valence-corrected chi connectivity index (χ2v) is 7.36. The first kappa shape index (κ1) is 21.2. The fourth-order valence-electron chi connectivity index (χ4n) is 3.62. The van der Waals surface area contributed by atoms with Gasteiger partial charge in [0.15, 0.2) is 5.78 Å². The van der Waals surface area contributed by atoms with Crippen molar-refractivity contribution in [2.24, 2.45) is 10.7 Å². The predicted molar refractivity (Wildman–Crippen MR) is 125 cm³/mol. The van der Waals surface area contributed by atoms with Gasteiger partial charge in [-0.05, 0) is 49.0 Å². The van der Waals surface area contributed by atoms with Gasteiger partial charge in [-0.1, -0.05) is 48.5 Å². The lowest BCUT2D eigenvalue weighted by Gasteiger charge is -2.07. The van der Waals surface area contributed by atoms with Crippen LogP contribution in [-0.2, 0) is 4.79 Å². The van der Waals surface area contributed by atoms with E-state index >= 15 is 0 Å². The normalized spacial score (nSPS) is 17.8. The number of benzene rings is 2. The molecule has 0 saturated heterocycles. The van der Waals surface area contributed by atoms with E-state index in [-0.39, 0.29) is 11.6 Å². The van der Waals surface area contributed by atoms with Crippen LogP contribution in [0.2, 0.25) is 0 Å². The summed E-state index contributed by atoms with van der Waals surface area (Å²) in [7, 11) is 3.61. The highest BCUT2D eigenvalue weighted by atomic mass is 16.1. The Hall–Kier alpha value is -3.47. The summed E-state index contributed by atoms with van der Waals surface area (Å²) in [5.41, 5.74) is 10.9. The summed E-state index contributed by atoms with van der Waals surface area (Å²) in [6.45, 7) is 0. The first-order valence-corrected chi connectivity index (χ1v) is 10.2. The van der Waals surface area contributed by atoms with Crippen LogP contribution in [0, 0.1) is 5.41 Å². The number of rotatable bonds is 4. The number of carbonyl (C=O) groups excluding carboxylic acids is 1. The minimum absolute atomic E-state index is 0.0445. The summed E-state index contributed by atoms with van der Waals surface area (Å²) < 4.78 is 0. The number of nitrogens with one attached hydrogen (secondary N) is 2. The summed E-state index contributed by atoms with van der Waals surface area (Å²) in [5.74, 6) is 1.00. The Morgan fingerprint density at radius 1 is 0.933 bits per heavy atom. The molecule has 5 nitrogen and oxygen atoms in total. The van der Waals surface area contributed by atoms with E-state index in [1.54, 1.807) is 7.05 Å². The summed E-state index contributed by atoms with van der Waals surface area (Å²) >= 11 is 0. The lowest BCUT2D eigenvalue weighted by molar-refractivity contribution is -0.112. The van der Waals surface area contributed by atoms with Crippen LogP contribution in [0.5, 0.6) is 0 Å². The lowest BCUT2D eigenvalue weighted by atomic mass is 9.97. The monoisotopic (exact) mass is 400 g/mol. The number of allylic oxidation sites excluding steroid dienone is 2. The number of amidine groups is 2. The molecule has 1 fully saturated rings. The molecule has 0 bridgehead atoms. The molecule has 3 rings (SSSR count). The van der Waals surface area contributed by atoms with Gasteiger partial charge in [0.25, 0.3) is 0 Å². The van der Waals surface area contributed by atoms with E-state index in [1.165, 1.54) is 0 Å². The molecule has 0 atom stereocenters. The van der Waals surface area contributed by atoms with Crippen LogP contribution in [0.4, 0.5) is 0 Å². The van der Waals surface area contributed by atoms with Crippen LogP contribution in [0.15, 0.2) is 64.7 Å². The van der Waals surface area contributed by atoms with Gasteiger partial charge in [0.1, 0.15) is 11.7 Å². The smallest absolute Gasteiger partial charge is 0.185 e. The van der Waals surface area contributed by atoms with Crippen LogP contribution in [0.25, 0.3) is 12.2 Å². The number of ketones is 1. The molecule has 0 aliphatic heterocycles. The maximum absolute atomic E-state index is 13.2. The van der Waals surface area contributed by atoms with Crippen molar-refractivity contribution in [2.45, 2.75) is 25.7 Å². The quantitative estimate of drug-likeness (QED) is 0.311. The van der Waals surface area contributed by atoms with Crippen molar-refractivity contribution in [3.63, 3.8) is 0 Å². The minimum atomic E-state index is 0.0445. The van der Waals surface area contributed by atoms with Crippen molar-refractivity contribution in [1.82, 2.24) is 5.32 Å². The summed E-state index contributed by atoms with van der Waals surface area (Å²) in [6, 6.07) is 15.5. The minimum Gasteiger partial charge on any atom is -0.384 e. The number of nitrogens with zero attached hydrogens (tertiary/aromatic N) is 1. The zero-order valence-electron chi connectivity index (χ0n) is 17.5. The van der Waals surface area contributed by atoms with Crippen LogP contribution in [-0.4, -0.2) is 31.5 Å². The topological polar surface area (TPSA) is 91.3 Å². The Bertz CT molecular complexity index is 1010. The molecule has 2 aromatic rings. The molecular weight excluding hydrogens is 372 g/mol. The first-order valence-electron chi connectivity index (χ1n) is 10.2. The highest BCUT2D eigenvalue weighted by Gasteiger charge is 2.19. The molecule has 5 heteroatoms. The van der Waals surface area contributed by atoms with Crippen LogP contribution >= 0.6 is 0 Å². The van der Waals surface area contributed by atoms with Gasteiger partial charge in [-0.3, -0.25) is 15.2 Å². The van der Waals surface area contributed by atoms with Gasteiger partial charge in [0, 0.05) is 36.4 Å². The van der Waals surface area contributed by atoms with E-state index in [0.29, 0.717) is 5.56 Å². The average molecular weight is 401 g/mol. The van der Waals surface area contributed by atoms with Crippen LogP contribution < -0.4 is 11.1 Å². The van der Waals surface area contributed by atoms with Gasteiger partial charge in [0.2, 0.25) is 0 Å². The second kappa shape index (κ2) is 9.83. The van der Waals surface area contributed by atoms with Crippen molar-refractivity contribution in [1.29, 1.82) is 5.41 Å². The number of carbonyl (C=O) groups is 1. The van der Waals surface area contributed by atoms with E-state index in [2.05, 4.69) is 10.3 Å². The van der Waals surface area contributed by atoms with Gasteiger partial charge < -0.3 is 11.1 Å². The van der Waals surface area contributed by atoms with Crippen molar-refractivity contribution in [3.8, 4) is 0 Å². The Morgan fingerprint density at radius 3 is 1.80 bits per heavy atom. The summed E-state index contributed by atoms with van der Waals surface area (Å²) in [6.07, 6.45) is 7.54. The maximum atomic E-state index is 13.2. The zero-order valence-corrected chi connectivity index (χ0v) is 17.5. The molecule has 1 saturated carbocycles. The average Bonchev–Trinajstić information content (AvgIpc) is 2.92. The molecule has 0 radical (unpaired) electrons. The lowest BCUT2D eigenvalue weighted by Crippen LogP contribution is -2.19. The molecule has 0 amide bonds. The number of hydrogen-bond acceptors (Lipinski definition) is 3. The predicted octanol–water partition coefficient (Wildman–Crippen LogP) is 4.18. The fraction of sp³-hybridized carbons (Fsp3) is 0.240. The summed E-state index contributed by atoms with van der Waals surface area (Å²) in [5, 5.41) is 10.6. The van der Waals surface area contributed by atoms with Crippen molar-refractivity contribution in [2.75, 3.05) is 14.1 Å². The van der Waals surface area contributed by atoms with Gasteiger partial charge in [-0.2, -0.15) is 0 Å². The molecule has 0 aromatic heterocycles. The third-order valence-corrected chi connectivity index (χ3v) is 5.27. The summed E-state index contributed by atoms with van der Waals surface area (Å²) in [4.78, 5) is 17.4. The zero-order chi connectivity index (χ0) is 21.5. The molecule has 0 unspecified atom stereocenters. The fourth-order valence-corrected chi connectivity index (χ4v) is 3.62. The van der Waals surface area contributed by atoms with Crippen LogP contribution in [0.1, 0.15) is 47.9 Å². The Labute approximate surface area is 177 Å². The molecule has 1 aliphatic rings. The largest absolute Gasteiger partial charge is 0.384 e. The molecule has 1 aliphatic carbocycles. The SMILES string of the molecule is CN=C(NC)c1ccc(/C=C2/CCCC/C(=C/c3ccc(C(=N)N)cc3)C2=O)cc1. The number of hydrogen-bond donors (Lipinski definition) is 3. The number of Topliss-reactive ketones (excluding diaryl/α,β-unsaturated/α-hetero) is 1. The standard InChI is InChI=1S/C25H28N4O/c1-28-25(29-2)20-13-9-18(10-14-20)16-22-6-4-3-5-21(23(22)30)15-17-7-11-19(12-8-17)24(26)27/h7-16H,3-6H2,1-2H3,(H3,26,27)(H,28,29)/b21-15-,22-16-. The third kappa shape index (κ3) is 5.11. The van der Waals surface area contributed by atoms with Crippen LogP contribution in [0.3, 0.4) is 0 Å². The molecule has 154 valence electrons. The Kier molecular flexibility index (Phi) is 6.96.